The molecule has 0 fully saturated rings. The fourth-order valence-electron chi connectivity index (χ4n) is 3.56. The van der Waals surface area contributed by atoms with E-state index in [1.54, 1.807) is 34.6 Å². The van der Waals surface area contributed by atoms with Gasteiger partial charge in [0.1, 0.15) is 11.6 Å². The van der Waals surface area contributed by atoms with Crippen molar-refractivity contribution in [3.63, 3.8) is 0 Å². The SMILES string of the molecule is CNC(=O)NC(Cc1ccccc1)c1nccn1-c1ccccc1OC.COC.Cc1ccccc1C. The number of rotatable bonds is 6. The van der Waals surface area contributed by atoms with Crippen LogP contribution in [0, 0.1) is 13.8 Å². The van der Waals surface area contributed by atoms with Gasteiger partial charge in [-0.25, -0.2) is 9.78 Å². The van der Waals surface area contributed by atoms with Gasteiger partial charge in [-0.05, 0) is 49.1 Å². The van der Waals surface area contributed by atoms with Gasteiger partial charge in [-0.1, -0.05) is 66.7 Å². The first-order valence-electron chi connectivity index (χ1n) is 12.1. The van der Waals surface area contributed by atoms with Crippen LogP contribution in [-0.4, -0.2) is 44.0 Å². The number of hydrogen-bond donors (Lipinski definition) is 2. The minimum absolute atomic E-state index is 0.250. The number of hydrogen-bond acceptors (Lipinski definition) is 4. The molecule has 2 amide bonds. The molecule has 1 aromatic heterocycles. The lowest BCUT2D eigenvalue weighted by Gasteiger charge is -2.21. The van der Waals surface area contributed by atoms with Crippen LogP contribution in [0.1, 0.15) is 28.6 Å². The molecule has 7 nitrogen and oxygen atoms in total. The van der Waals surface area contributed by atoms with Crippen LogP contribution in [0.2, 0.25) is 0 Å². The molecule has 0 radical (unpaired) electrons. The highest BCUT2D eigenvalue weighted by molar-refractivity contribution is 5.74. The molecule has 37 heavy (non-hydrogen) atoms. The number of carbonyl (C=O) groups is 1. The molecule has 0 aliphatic carbocycles. The number of benzene rings is 3. The van der Waals surface area contributed by atoms with E-state index in [1.807, 2.05) is 65.4 Å². The summed E-state index contributed by atoms with van der Waals surface area (Å²) in [5, 5.41) is 5.60. The van der Waals surface area contributed by atoms with Gasteiger partial charge in [-0.2, -0.15) is 0 Å². The summed E-state index contributed by atoms with van der Waals surface area (Å²) >= 11 is 0. The summed E-state index contributed by atoms with van der Waals surface area (Å²) in [5.74, 6) is 1.48. The Labute approximate surface area is 220 Å². The zero-order valence-corrected chi connectivity index (χ0v) is 22.6. The van der Waals surface area contributed by atoms with Crippen molar-refractivity contribution >= 4 is 6.03 Å². The van der Waals surface area contributed by atoms with Gasteiger partial charge in [-0.3, -0.25) is 4.57 Å². The van der Waals surface area contributed by atoms with Crippen molar-refractivity contribution in [1.82, 2.24) is 20.2 Å². The van der Waals surface area contributed by atoms with E-state index in [0.717, 1.165) is 22.8 Å². The molecular formula is C30H38N4O3. The Balaban J connectivity index is 0.000000365. The molecule has 0 aliphatic rings. The Morgan fingerprint density at radius 2 is 1.46 bits per heavy atom. The van der Waals surface area contributed by atoms with Crippen LogP contribution >= 0.6 is 0 Å². The topological polar surface area (TPSA) is 77.4 Å². The average Bonchev–Trinajstić information content (AvgIpc) is 3.41. The van der Waals surface area contributed by atoms with Crippen molar-refractivity contribution in [2.24, 2.45) is 0 Å². The van der Waals surface area contributed by atoms with Gasteiger partial charge in [-0.15, -0.1) is 0 Å². The van der Waals surface area contributed by atoms with Crippen molar-refractivity contribution in [1.29, 1.82) is 0 Å². The first-order valence-corrected chi connectivity index (χ1v) is 12.1. The molecule has 1 heterocycles. The Morgan fingerprint density at radius 1 is 0.892 bits per heavy atom. The molecular weight excluding hydrogens is 464 g/mol. The second kappa shape index (κ2) is 15.8. The van der Waals surface area contributed by atoms with Gasteiger partial charge in [0.25, 0.3) is 0 Å². The molecule has 7 heteroatoms. The van der Waals surface area contributed by atoms with Gasteiger partial charge < -0.3 is 20.1 Å². The first-order chi connectivity index (χ1) is 17.9. The zero-order valence-electron chi connectivity index (χ0n) is 22.6. The van der Waals surface area contributed by atoms with Gasteiger partial charge in [0.15, 0.2) is 0 Å². The Bertz CT molecular complexity index is 1190. The van der Waals surface area contributed by atoms with E-state index in [4.69, 9.17) is 4.74 Å². The predicted molar refractivity (Wildman–Crippen MR) is 149 cm³/mol. The number of amides is 2. The molecule has 0 aliphatic heterocycles. The van der Waals surface area contributed by atoms with Crippen LogP contribution < -0.4 is 15.4 Å². The van der Waals surface area contributed by atoms with Gasteiger partial charge >= 0.3 is 6.03 Å². The summed E-state index contributed by atoms with van der Waals surface area (Å²) in [6, 6.07) is 25.6. The summed E-state index contributed by atoms with van der Waals surface area (Å²) in [5.41, 5.74) is 4.72. The minimum atomic E-state index is -0.294. The van der Waals surface area contributed by atoms with Crippen molar-refractivity contribution in [2.75, 3.05) is 28.4 Å². The molecule has 0 saturated carbocycles. The number of nitrogens with one attached hydrogen (secondary N) is 2. The quantitative estimate of drug-likeness (QED) is 0.357. The Kier molecular flexibility index (Phi) is 12.4. The average molecular weight is 503 g/mol. The highest BCUT2D eigenvalue weighted by Gasteiger charge is 2.21. The standard InChI is InChI=1S/C20H22N4O2.C8H10.C2H6O/c1-21-20(25)23-16(14-15-8-4-3-5-9-15)19-22-12-13-24(19)17-10-6-7-11-18(17)26-2;1-7-5-3-4-6-8(7)2;1-3-2/h3-13,16H,14H2,1-2H3,(H2,21,23,25);3-6H,1-2H3;1-2H3. The summed E-state index contributed by atoms with van der Waals surface area (Å²) in [6.07, 6.45) is 4.22. The van der Waals surface area contributed by atoms with E-state index < -0.39 is 0 Å². The second-order valence-corrected chi connectivity index (χ2v) is 8.29. The predicted octanol–water partition coefficient (Wildman–Crippen LogP) is 5.66. The van der Waals surface area contributed by atoms with Crippen LogP contribution in [0.5, 0.6) is 5.75 Å². The summed E-state index contributed by atoms with van der Waals surface area (Å²) < 4.78 is 11.7. The molecule has 1 unspecified atom stereocenters. The number of imidazole rings is 1. The Hall–Kier alpha value is -4.10. The van der Waals surface area contributed by atoms with Gasteiger partial charge in [0.2, 0.25) is 0 Å². The lowest BCUT2D eigenvalue weighted by atomic mass is 10.1. The lowest BCUT2D eigenvalue weighted by molar-refractivity contribution is 0.238. The normalized spacial score (nSPS) is 10.6. The van der Waals surface area contributed by atoms with E-state index in [-0.39, 0.29) is 12.1 Å². The molecule has 1 atom stereocenters. The molecule has 2 N–H and O–H groups in total. The molecule has 4 rings (SSSR count). The van der Waals surface area contributed by atoms with Crippen molar-refractivity contribution in [3.8, 4) is 11.4 Å². The van der Waals surface area contributed by atoms with Crippen LogP contribution in [0.3, 0.4) is 0 Å². The summed E-state index contributed by atoms with van der Waals surface area (Å²) in [6.45, 7) is 4.24. The highest BCUT2D eigenvalue weighted by Crippen LogP contribution is 2.26. The molecule has 0 bridgehead atoms. The molecule has 3 aromatic carbocycles. The zero-order chi connectivity index (χ0) is 27.0. The number of aryl methyl sites for hydroxylation is 2. The van der Waals surface area contributed by atoms with Crippen LogP contribution in [0.15, 0.2) is 91.3 Å². The fraction of sp³-hybridized carbons (Fsp3) is 0.267. The number of ether oxygens (including phenoxy) is 2. The van der Waals surface area contributed by atoms with Gasteiger partial charge in [0.05, 0.1) is 18.8 Å². The first kappa shape index (κ1) is 29.1. The van der Waals surface area contributed by atoms with E-state index in [9.17, 15) is 4.79 Å². The van der Waals surface area contributed by atoms with Crippen molar-refractivity contribution in [2.45, 2.75) is 26.3 Å². The fourth-order valence-corrected chi connectivity index (χ4v) is 3.56. The maximum Gasteiger partial charge on any atom is 0.315 e. The smallest absolute Gasteiger partial charge is 0.315 e. The third-order valence-electron chi connectivity index (χ3n) is 5.57. The monoisotopic (exact) mass is 502 g/mol. The molecule has 0 spiro atoms. The number of para-hydroxylation sites is 2. The third-order valence-corrected chi connectivity index (χ3v) is 5.57. The van der Waals surface area contributed by atoms with Crippen molar-refractivity contribution < 1.29 is 14.3 Å². The molecule has 4 aromatic rings. The molecule has 196 valence electrons. The lowest BCUT2D eigenvalue weighted by Crippen LogP contribution is -2.37. The number of nitrogens with zero attached hydrogens (tertiary/aromatic N) is 2. The largest absolute Gasteiger partial charge is 0.495 e. The van der Waals surface area contributed by atoms with Crippen molar-refractivity contribution in [3.05, 3.63) is 114 Å². The third kappa shape index (κ3) is 9.13. The van der Waals surface area contributed by atoms with Crippen LogP contribution in [0.4, 0.5) is 4.79 Å². The van der Waals surface area contributed by atoms with Crippen LogP contribution in [-0.2, 0) is 11.2 Å². The second-order valence-electron chi connectivity index (χ2n) is 8.29. The summed E-state index contributed by atoms with van der Waals surface area (Å²) in [4.78, 5) is 16.5. The molecule has 0 saturated heterocycles. The minimum Gasteiger partial charge on any atom is -0.495 e. The van der Waals surface area contributed by atoms with Crippen LogP contribution in [0.25, 0.3) is 5.69 Å². The maximum absolute atomic E-state index is 12.0. The van der Waals surface area contributed by atoms with E-state index >= 15 is 0 Å². The number of methoxy groups -OCH3 is 2. The summed E-state index contributed by atoms with van der Waals surface area (Å²) in [7, 11) is 6.49. The number of carbonyl (C=O) groups excluding carboxylic acids is 1. The van der Waals surface area contributed by atoms with Gasteiger partial charge in [0, 0.05) is 33.7 Å². The number of urea groups is 1. The van der Waals surface area contributed by atoms with E-state index in [0.29, 0.717) is 6.42 Å². The van der Waals surface area contributed by atoms with E-state index in [1.165, 1.54) is 11.1 Å². The van der Waals surface area contributed by atoms with E-state index in [2.05, 4.69) is 58.5 Å². The maximum atomic E-state index is 12.0. The Morgan fingerprint density at radius 3 is 2.03 bits per heavy atom. The highest BCUT2D eigenvalue weighted by atomic mass is 16.5. The number of aromatic nitrogens is 2.